The predicted octanol–water partition coefficient (Wildman–Crippen LogP) is 3.63. The summed E-state index contributed by atoms with van der Waals surface area (Å²) in [7, 11) is 0. The number of carbonyl (C=O) groups is 2. The second-order valence-electron chi connectivity index (χ2n) is 6.75. The molecule has 3 rings (SSSR count). The Hall–Kier alpha value is -2.24. The number of carbonyl (C=O) groups excluding carboxylic acids is 2. The summed E-state index contributed by atoms with van der Waals surface area (Å²) in [6.45, 7) is 2.66. The zero-order chi connectivity index (χ0) is 19.9. The lowest BCUT2D eigenvalue weighted by Crippen LogP contribution is -2.53. The van der Waals surface area contributed by atoms with Crippen LogP contribution in [0.25, 0.3) is 0 Å². The molecule has 0 saturated carbocycles. The summed E-state index contributed by atoms with van der Waals surface area (Å²) in [6.07, 6.45) is 1.01. The summed E-state index contributed by atoms with van der Waals surface area (Å²) in [6, 6.07) is 14.9. The second-order valence-corrected chi connectivity index (χ2v) is 7.59. The average molecular weight is 420 g/mol. The highest BCUT2D eigenvalue weighted by Crippen LogP contribution is 2.17. The van der Waals surface area contributed by atoms with Crippen molar-refractivity contribution in [3.8, 4) is 0 Å². The molecule has 0 aliphatic carbocycles. The van der Waals surface area contributed by atoms with Gasteiger partial charge in [0.15, 0.2) is 0 Å². The lowest BCUT2D eigenvalue weighted by Gasteiger charge is -2.34. The van der Waals surface area contributed by atoms with E-state index in [0.717, 1.165) is 17.5 Å². The van der Waals surface area contributed by atoms with Gasteiger partial charge in [0.25, 0.3) is 0 Å². The molecule has 2 aromatic carbocycles. The summed E-state index contributed by atoms with van der Waals surface area (Å²) in [5.74, 6) is 0.0362. The van der Waals surface area contributed by atoms with Crippen LogP contribution in [0.5, 0.6) is 0 Å². The molecular formula is C21H23Cl2N3O2. The highest BCUT2D eigenvalue weighted by atomic mass is 35.5. The van der Waals surface area contributed by atoms with Crippen molar-refractivity contribution in [1.82, 2.24) is 15.1 Å². The standard InChI is InChI=1S/C21H23Cl2N3O2/c22-18-6-3-4-16(14-18)8-9-24-21(28)26-12-10-25(11-13-26)20(27)15-17-5-1-2-7-19(17)23/h1-7,14H,8-13,15H2,(H,24,28). The van der Waals surface area contributed by atoms with Crippen molar-refractivity contribution in [3.63, 3.8) is 0 Å². The van der Waals surface area contributed by atoms with Gasteiger partial charge in [-0.2, -0.15) is 0 Å². The largest absolute Gasteiger partial charge is 0.339 e. The van der Waals surface area contributed by atoms with Gasteiger partial charge in [-0.3, -0.25) is 4.79 Å². The number of rotatable bonds is 5. The first-order chi connectivity index (χ1) is 13.5. The molecule has 0 bridgehead atoms. The van der Waals surface area contributed by atoms with Crippen LogP contribution in [0.4, 0.5) is 4.79 Å². The fraction of sp³-hybridized carbons (Fsp3) is 0.333. The Bertz CT molecular complexity index is 836. The van der Waals surface area contributed by atoms with Gasteiger partial charge in [0, 0.05) is 42.8 Å². The van der Waals surface area contributed by atoms with Crippen LogP contribution in [-0.4, -0.2) is 54.5 Å². The van der Waals surface area contributed by atoms with Gasteiger partial charge in [0.2, 0.25) is 5.91 Å². The number of urea groups is 1. The molecule has 1 N–H and O–H groups in total. The van der Waals surface area contributed by atoms with Gasteiger partial charge in [-0.1, -0.05) is 53.5 Å². The van der Waals surface area contributed by atoms with E-state index >= 15 is 0 Å². The van der Waals surface area contributed by atoms with Crippen LogP contribution in [0.2, 0.25) is 10.0 Å². The zero-order valence-electron chi connectivity index (χ0n) is 15.5. The quantitative estimate of drug-likeness (QED) is 0.803. The van der Waals surface area contributed by atoms with E-state index in [4.69, 9.17) is 23.2 Å². The van der Waals surface area contributed by atoms with E-state index in [2.05, 4.69) is 5.32 Å². The molecule has 0 radical (unpaired) electrons. The molecule has 28 heavy (non-hydrogen) atoms. The summed E-state index contributed by atoms with van der Waals surface area (Å²) >= 11 is 12.1. The number of hydrogen-bond acceptors (Lipinski definition) is 2. The van der Waals surface area contributed by atoms with Gasteiger partial charge < -0.3 is 15.1 Å². The molecule has 0 spiro atoms. The summed E-state index contributed by atoms with van der Waals surface area (Å²) in [4.78, 5) is 28.4. The number of nitrogens with zero attached hydrogens (tertiary/aromatic N) is 2. The number of nitrogens with one attached hydrogen (secondary N) is 1. The molecule has 0 unspecified atom stereocenters. The first-order valence-electron chi connectivity index (χ1n) is 9.31. The number of piperazine rings is 1. The Balaban J connectivity index is 1.41. The molecule has 1 aliphatic rings. The average Bonchev–Trinajstić information content (AvgIpc) is 2.70. The van der Waals surface area contributed by atoms with E-state index in [9.17, 15) is 9.59 Å². The normalized spacial score (nSPS) is 14.1. The first-order valence-corrected chi connectivity index (χ1v) is 10.1. The Morgan fingerprint density at radius 3 is 2.36 bits per heavy atom. The van der Waals surface area contributed by atoms with Crippen molar-refractivity contribution in [2.24, 2.45) is 0 Å². The van der Waals surface area contributed by atoms with Gasteiger partial charge in [-0.05, 0) is 35.7 Å². The molecule has 7 heteroatoms. The Morgan fingerprint density at radius 1 is 0.929 bits per heavy atom. The lowest BCUT2D eigenvalue weighted by atomic mass is 10.1. The number of halogens is 2. The molecule has 0 aromatic heterocycles. The molecule has 3 amide bonds. The molecule has 148 valence electrons. The smallest absolute Gasteiger partial charge is 0.317 e. The van der Waals surface area contributed by atoms with Crippen LogP contribution in [-0.2, 0) is 17.6 Å². The van der Waals surface area contributed by atoms with Crippen LogP contribution in [0, 0.1) is 0 Å². The van der Waals surface area contributed by atoms with Crippen molar-refractivity contribution in [3.05, 3.63) is 69.7 Å². The van der Waals surface area contributed by atoms with Crippen LogP contribution < -0.4 is 5.32 Å². The third kappa shape index (κ3) is 5.63. The lowest BCUT2D eigenvalue weighted by molar-refractivity contribution is -0.131. The number of hydrogen-bond donors (Lipinski definition) is 1. The van der Waals surface area contributed by atoms with Crippen LogP contribution >= 0.6 is 23.2 Å². The van der Waals surface area contributed by atoms with Crippen molar-refractivity contribution in [1.29, 1.82) is 0 Å². The van der Waals surface area contributed by atoms with E-state index in [1.807, 2.05) is 42.5 Å². The molecule has 1 aliphatic heterocycles. The third-order valence-electron chi connectivity index (χ3n) is 4.80. The summed E-state index contributed by atoms with van der Waals surface area (Å²) < 4.78 is 0. The summed E-state index contributed by atoms with van der Waals surface area (Å²) in [5, 5.41) is 4.24. The van der Waals surface area contributed by atoms with Gasteiger partial charge in [0.05, 0.1) is 6.42 Å². The molecule has 1 saturated heterocycles. The Kier molecular flexibility index (Phi) is 7.18. The topological polar surface area (TPSA) is 52.7 Å². The third-order valence-corrected chi connectivity index (χ3v) is 5.40. The minimum Gasteiger partial charge on any atom is -0.339 e. The van der Waals surface area contributed by atoms with Gasteiger partial charge in [-0.15, -0.1) is 0 Å². The maximum Gasteiger partial charge on any atom is 0.317 e. The summed E-state index contributed by atoms with van der Waals surface area (Å²) in [5.41, 5.74) is 1.91. The SMILES string of the molecule is O=C(Cc1ccccc1Cl)N1CCN(C(=O)NCCc2cccc(Cl)c2)CC1. The van der Waals surface area contributed by atoms with Crippen molar-refractivity contribution < 1.29 is 9.59 Å². The number of amides is 3. The van der Waals surface area contributed by atoms with Crippen LogP contribution in [0.1, 0.15) is 11.1 Å². The molecule has 5 nitrogen and oxygen atoms in total. The maximum absolute atomic E-state index is 12.5. The van der Waals surface area contributed by atoms with E-state index < -0.39 is 0 Å². The number of benzene rings is 2. The second kappa shape index (κ2) is 9.80. The highest BCUT2D eigenvalue weighted by Gasteiger charge is 2.24. The van der Waals surface area contributed by atoms with Crippen molar-refractivity contribution in [2.75, 3.05) is 32.7 Å². The van der Waals surface area contributed by atoms with Crippen molar-refractivity contribution >= 4 is 35.1 Å². The predicted molar refractivity (Wildman–Crippen MR) is 112 cm³/mol. The van der Waals surface area contributed by atoms with E-state index in [-0.39, 0.29) is 18.4 Å². The van der Waals surface area contributed by atoms with Crippen LogP contribution in [0.3, 0.4) is 0 Å². The maximum atomic E-state index is 12.5. The molecule has 0 atom stereocenters. The van der Waals surface area contributed by atoms with Gasteiger partial charge in [-0.25, -0.2) is 4.79 Å². The van der Waals surface area contributed by atoms with Crippen LogP contribution in [0.15, 0.2) is 48.5 Å². The molecule has 1 fully saturated rings. The highest BCUT2D eigenvalue weighted by molar-refractivity contribution is 6.31. The molecular weight excluding hydrogens is 397 g/mol. The minimum atomic E-state index is -0.0970. The minimum absolute atomic E-state index is 0.0362. The van der Waals surface area contributed by atoms with E-state index in [1.165, 1.54) is 0 Å². The van der Waals surface area contributed by atoms with Gasteiger partial charge >= 0.3 is 6.03 Å². The van der Waals surface area contributed by atoms with Gasteiger partial charge in [0.1, 0.15) is 0 Å². The Labute approximate surface area is 175 Å². The fourth-order valence-electron chi connectivity index (χ4n) is 3.19. The van der Waals surface area contributed by atoms with E-state index in [0.29, 0.717) is 42.8 Å². The van der Waals surface area contributed by atoms with Crippen molar-refractivity contribution in [2.45, 2.75) is 12.8 Å². The molecule has 2 aromatic rings. The monoisotopic (exact) mass is 419 g/mol. The zero-order valence-corrected chi connectivity index (χ0v) is 17.0. The fourth-order valence-corrected chi connectivity index (χ4v) is 3.61. The van der Waals surface area contributed by atoms with E-state index in [1.54, 1.807) is 15.9 Å². The Morgan fingerprint density at radius 2 is 1.64 bits per heavy atom. The molecule has 1 heterocycles. The first kappa shape index (κ1) is 20.5.